The van der Waals surface area contributed by atoms with E-state index in [1.807, 2.05) is 0 Å². The van der Waals surface area contributed by atoms with Gasteiger partial charge in [0.25, 0.3) is 5.91 Å². The summed E-state index contributed by atoms with van der Waals surface area (Å²) in [5.41, 5.74) is -0.936. The summed E-state index contributed by atoms with van der Waals surface area (Å²) in [4.78, 5) is 23.4. The van der Waals surface area contributed by atoms with Crippen molar-refractivity contribution in [3.05, 3.63) is 35.4 Å². The number of rotatable bonds is 11. The first-order chi connectivity index (χ1) is 12.7. The highest BCUT2D eigenvalue weighted by Gasteiger charge is 2.31. The number of aliphatic carboxylic acids is 1. The number of carbonyl (C=O) groups is 2. The number of aliphatic hydroxyl groups is 1. The minimum absolute atomic E-state index is 0.0378. The van der Waals surface area contributed by atoms with Crippen molar-refractivity contribution >= 4 is 11.9 Å². The molecule has 1 amide bonds. The molecule has 0 aliphatic rings. The van der Waals surface area contributed by atoms with E-state index in [4.69, 9.17) is 0 Å². The van der Waals surface area contributed by atoms with Gasteiger partial charge < -0.3 is 15.5 Å². The molecule has 1 aromatic rings. The van der Waals surface area contributed by atoms with E-state index >= 15 is 0 Å². The number of amides is 1. The molecule has 27 heavy (non-hydrogen) atoms. The Morgan fingerprint density at radius 3 is 2.11 bits per heavy atom. The molecule has 152 valence electrons. The molecule has 8 heteroatoms. The van der Waals surface area contributed by atoms with Crippen molar-refractivity contribution in [3.8, 4) is 0 Å². The lowest BCUT2D eigenvalue weighted by molar-refractivity contribution is -0.143. The largest absolute Gasteiger partial charge is 0.480 e. The molecule has 0 fully saturated rings. The first-order valence-corrected chi connectivity index (χ1v) is 9.05. The molecule has 0 saturated carbocycles. The Bertz CT molecular complexity index is 602. The number of hydrogen-bond acceptors (Lipinski definition) is 3. The fourth-order valence-corrected chi connectivity index (χ4v) is 2.64. The van der Waals surface area contributed by atoms with Crippen molar-refractivity contribution in [2.45, 2.75) is 70.2 Å². The van der Waals surface area contributed by atoms with Gasteiger partial charge in [-0.05, 0) is 24.1 Å². The Morgan fingerprint density at radius 2 is 1.59 bits per heavy atom. The second-order valence-corrected chi connectivity index (χ2v) is 6.48. The fraction of sp³-hybridized carbons (Fsp3) is 0.579. The molecule has 0 bridgehead atoms. The van der Waals surface area contributed by atoms with E-state index in [2.05, 4.69) is 12.2 Å². The zero-order valence-electron chi connectivity index (χ0n) is 15.3. The fourth-order valence-electron chi connectivity index (χ4n) is 2.64. The Hall–Kier alpha value is -2.09. The van der Waals surface area contributed by atoms with Crippen LogP contribution < -0.4 is 5.32 Å². The van der Waals surface area contributed by atoms with Gasteiger partial charge in [-0.1, -0.05) is 57.6 Å². The summed E-state index contributed by atoms with van der Waals surface area (Å²) in [5, 5.41) is 21.5. The van der Waals surface area contributed by atoms with Crippen LogP contribution in [-0.2, 0) is 15.8 Å². The second kappa shape index (κ2) is 10.9. The van der Waals surface area contributed by atoms with E-state index in [-0.39, 0.29) is 12.0 Å². The van der Waals surface area contributed by atoms with Gasteiger partial charge in [-0.25, -0.2) is 4.79 Å². The molecule has 0 aliphatic carbocycles. The van der Waals surface area contributed by atoms with Crippen LogP contribution >= 0.6 is 0 Å². The zero-order chi connectivity index (χ0) is 20.4. The maximum absolute atomic E-state index is 12.5. The third kappa shape index (κ3) is 7.99. The molecule has 0 radical (unpaired) electrons. The smallest absolute Gasteiger partial charge is 0.416 e. The van der Waals surface area contributed by atoms with Crippen LogP contribution in [0.3, 0.4) is 0 Å². The van der Waals surface area contributed by atoms with Crippen molar-refractivity contribution < 1.29 is 33.0 Å². The summed E-state index contributed by atoms with van der Waals surface area (Å²) >= 11 is 0. The first kappa shape index (κ1) is 23.0. The predicted octanol–water partition coefficient (Wildman–Crippen LogP) is 4.06. The van der Waals surface area contributed by atoms with Gasteiger partial charge in [0.05, 0.1) is 5.56 Å². The highest BCUT2D eigenvalue weighted by Crippen LogP contribution is 2.30. The van der Waals surface area contributed by atoms with Gasteiger partial charge in [-0.3, -0.25) is 4.79 Å². The molecule has 2 atom stereocenters. The average Bonchev–Trinajstić information content (AvgIpc) is 2.62. The van der Waals surface area contributed by atoms with Gasteiger partial charge >= 0.3 is 12.1 Å². The van der Waals surface area contributed by atoms with Gasteiger partial charge in [0.1, 0.15) is 6.04 Å². The molecular weight excluding hydrogens is 363 g/mol. The maximum Gasteiger partial charge on any atom is 0.416 e. The summed E-state index contributed by atoms with van der Waals surface area (Å²) in [6.45, 7) is 2.10. The summed E-state index contributed by atoms with van der Waals surface area (Å²) in [6.07, 6.45) is -0.259. The molecule has 0 unspecified atom stereocenters. The van der Waals surface area contributed by atoms with Gasteiger partial charge in [0.2, 0.25) is 0 Å². The molecule has 0 aromatic heterocycles. The minimum Gasteiger partial charge on any atom is -0.480 e. The molecule has 0 aliphatic heterocycles. The first-order valence-electron chi connectivity index (χ1n) is 9.05. The van der Waals surface area contributed by atoms with Crippen LogP contribution in [0.25, 0.3) is 0 Å². The molecular formula is C19H26F3NO4. The number of carboxylic acid groups (broad SMARTS) is 1. The number of hydrogen-bond donors (Lipinski definition) is 3. The Labute approximate surface area is 156 Å². The monoisotopic (exact) mass is 389 g/mol. The van der Waals surface area contributed by atoms with E-state index in [9.17, 15) is 33.0 Å². The van der Waals surface area contributed by atoms with Gasteiger partial charge in [0, 0.05) is 0 Å². The number of nitrogens with one attached hydrogen (secondary N) is 1. The van der Waals surface area contributed by atoms with E-state index in [1.54, 1.807) is 0 Å². The lowest BCUT2D eigenvalue weighted by Crippen LogP contribution is -2.43. The van der Waals surface area contributed by atoms with Crippen LogP contribution in [0, 0.1) is 0 Å². The Morgan fingerprint density at radius 1 is 1.04 bits per heavy atom. The summed E-state index contributed by atoms with van der Waals surface area (Å²) in [6, 6.07) is 2.37. The SMILES string of the molecule is CCCCCCCC[C@H](NC(=O)[C@H](O)c1ccc(C(F)(F)F)cc1)C(=O)O. The van der Waals surface area contributed by atoms with E-state index in [1.165, 1.54) is 0 Å². The van der Waals surface area contributed by atoms with Crippen molar-refractivity contribution in [3.63, 3.8) is 0 Å². The summed E-state index contributed by atoms with van der Waals surface area (Å²) in [7, 11) is 0. The summed E-state index contributed by atoms with van der Waals surface area (Å²) < 4.78 is 37.6. The van der Waals surface area contributed by atoms with Gasteiger partial charge in [-0.15, -0.1) is 0 Å². The lowest BCUT2D eigenvalue weighted by Gasteiger charge is -2.18. The van der Waals surface area contributed by atoms with Crippen molar-refractivity contribution in [1.82, 2.24) is 5.32 Å². The van der Waals surface area contributed by atoms with Crippen LogP contribution in [0.2, 0.25) is 0 Å². The van der Waals surface area contributed by atoms with Gasteiger partial charge in [0.15, 0.2) is 6.10 Å². The van der Waals surface area contributed by atoms with E-state index < -0.39 is 35.8 Å². The van der Waals surface area contributed by atoms with E-state index in [0.29, 0.717) is 6.42 Å². The number of unbranched alkanes of at least 4 members (excludes halogenated alkanes) is 5. The highest BCUT2D eigenvalue weighted by molar-refractivity contribution is 5.86. The number of halogens is 3. The number of alkyl halides is 3. The molecule has 1 rings (SSSR count). The van der Waals surface area contributed by atoms with Crippen LogP contribution in [0.4, 0.5) is 13.2 Å². The van der Waals surface area contributed by atoms with E-state index in [0.717, 1.165) is 56.4 Å². The maximum atomic E-state index is 12.5. The normalized spacial score (nSPS) is 13.8. The quantitative estimate of drug-likeness (QED) is 0.498. The number of carboxylic acids is 1. The number of carbonyl (C=O) groups excluding carboxylic acids is 1. The number of aliphatic hydroxyl groups excluding tert-OH is 1. The van der Waals surface area contributed by atoms with Crippen LogP contribution in [0.1, 0.15) is 69.1 Å². The van der Waals surface area contributed by atoms with Crippen molar-refractivity contribution in [1.29, 1.82) is 0 Å². The molecule has 0 saturated heterocycles. The second-order valence-electron chi connectivity index (χ2n) is 6.48. The molecule has 5 nitrogen and oxygen atoms in total. The molecule has 0 spiro atoms. The highest BCUT2D eigenvalue weighted by atomic mass is 19.4. The topological polar surface area (TPSA) is 86.6 Å². The van der Waals surface area contributed by atoms with Crippen molar-refractivity contribution in [2.75, 3.05) is 0 Å². The lowest BCUT2D eigenvalue weighted by atomic mass is 10.0. The predicted molar refractivity (Wildman–Crippen MR) is 94.0 cm³/mol. The van der Waals surface area contributed by atoms with Crippen LogP contribution in [-0.4, -0.2) is 28.1 Å². The third-order valence-corrected chi connectivity index (χ3v) is 4.26. The van der Waals surface area contributed by atoms with Gasteiger partial charge in [-0.2, -0.15) is 13.2 Å². The number of benzene rings is 1. The average molecular weight is 389 g/mol. The van der Waals surface area contributed by atoms with Crippen LogP contribution in [0.15, 0.2) is 24.3 Å². The van der Waals surface area contributed by atoms with Crippen LogP contribution in [0.5, 0.6) is 0 Å². The standard InChI is InChI=1S/C19H26F3NO4/c1-2-3-4-5-6-7-8-15(18(26)27)23-17(25)16(24)13-9-11-14(12-10-13)19(20,21)22/h9-12,15-16,24H,2-8H2,1H3,(H,23,25)(H,26,27)/t15-,16+/m0/s1. The third-order valence-electron chi connectivity index (χ3n) is 4.26. The van der Waals surface area contributed by atoms with Crippen molar-refractivity contribution in [2.24, 2.45) is 0 Å². The zero-order valence-corrected chi connectivity index (χ0v) is 15.3. The molecule has 3 N–H and O–H groups in total. The minimum atomic E-state index is -4.52. The molecule has 1 aromatic carbocycles. The molecule has 0 heterocycles. The Kier molecular flexibility index (Phi) is 9.28. The summed E-state index contributed by atoms with van der Waals surface area (Å²) in [5.74, 6) is -2.16. The Balaban J connectivity index is 2.58.